The summed E-state index contributed by atoms with van der Waals surface area (Å²) in [6.45, 7) is 1.71. The Morgan fingerprint density at radius 1 is 1.43 bits per heavy atom. The number of anilines is 1. The van der Waals surface area contributed by atoms with Crippen molar-refractivity contribution in [2.45, 2.75) is 6.92 Å². The SMILES string of the molecule is Cc1ncc(-c2ccc(N)cc2F)o1. The number of nitrogens with zero attached hydrogens (tertiary/aromatic N) is 1. The standard InChI is InChI=1S/C10H9FN2O/c1-6-13-5-10(14-6)8-3-2-7(12)4-9(8)11/h2-5H,12H2,1H3. The number of nitrogens with two attached hydrogens (primary N) is 1. The van der Waals surface area contributed by atoms with Gasteiger partial charge in [0.05, 0.1) is 11.8 Å². The summed E-state index contributed by atoms with van der Waals surface area (Å²) in [4.78, 5) is 3.89. The molecule has 0 atom stereocenters. The van der Waals surface area contributed by atoms with Gasteiger partial charge in [0.2, 0.25) is 0 Å². The number of aryl methyl sites for hydroxylation is 1. The molecule has 72 valence electrons. The fourth-order valence-electron chi connectivity index (χ4n) is 1.22. The lowest BCUT2D eigenvalue weighted by Gasteiger charge is -1.99. The lowest BCUT2D eigenvalue weighted by atomic mass is 10.1. The molecule has 0 saturated heterocycles. The van der Waals surface area contributed by atoms with Gasteiger partial charge in [-0.1, -0.05) is 0 Å². The van der Waals surface area contributed by atoms with Gasteiger partial charge in [-0.2, -0.15) is 0 Å². The maximum atomic E-state index is 13.4. The second-order valence-corrected chi connectivity index (χ2v) is 2.98. The van der Waals surface area contributed by atoms with Crippen LogP contribution in [0.5, 0.6) is 0 Å². The van der Waals surface area contributed by atoms with Crippen molar-refractivity contribution in [1.82, 2.24) is 4.98 Å². The number of hydrogen-bond acceptors (Lipinski definition) is 3. The Hall–Kier alpha value is -1.84. The van der Waals surface area contributed by atoms with E-state index in [0.29, 0.717) is 22.9 Å². The Kier molecular flexibility index (Phi) is 1.96. The average molecular weight is 192 g/mol. The third kappa shape index (κ3) is 1.46. The molecule has 3 nitrogen and oxygen atoms in total. The molecule has 1 heterocycles. The summed E-state index contributed by atoms with van der Waals surface area (Å²) in [6.07, 6.45) is 1.49. The number of aromatic nitrogens is 1. The molecule has 2 N–H and O–H groups in total. The molecule has 1 aromatic carbocycles. The van der Waals surface area contributed by atoms with Crippen LogP contribution in [0.1, 0.15) is 5.89 Å². The van der Waals surface area contributed by atoms with Gasteiger partial charge >= 0.3 is 0 Å². The van der Waals surface area contributed by atoms with Gasteiger partial charge in [0, 0.05) is 12.6 Å². The first-order valence-corrected chi connectivity index (χ1v) is 4.14. The molecule has 4 heteroatoms. The lowest BCUT2D eigenvalue weighted by Crippen LogP contribution is -1.88. The minimum atomic E-state index is -0.402. The molecule has 0 saturated carbocycles. The van der Waals surface area contributed by atoms with Crippen LogP contribution >= 0.6 is 0 Å². The normalized spacial score (nSPS) is 10.4. The summed E-state index contributed by atoms with van der Waals surface area (Å²) in [5.41, 5.74) is 6.19. The highest BCUT2D eigenvalue weighted by atomic mass is 19.1. The predicted molar refractivity (Wildman–Crippen MR) is 51.0 cm³/mol. The van der Waals surface area contributed by atoms with Crippen molar-refractivity contribution in [3.05, 3.63) is 36.1 Å². The van der Waals surface area contributed by atoms with Crippen molar-refractivity contribution < 1.29 is 8.81 Å². The van der Waals surface area contributed by atoms with Crippen LogP contribution in [-0.2, 0) is 0 Å². The minimum absolute atomic E-state index is 0.375. The second kappa shape index (κ2) is 3.14. The number of nitrogen functional groups attached to an aromatic ring is 1. The van der Waals surface area contributed by atoms with Crippen molar-refractivity contribution in [2.75, 3.05) is 5.73 Å². The van der Waals surface area contributed by atoms with E-state index < -0.39 is 5.82 Å². The van der Waals surface area contributed by atoms with E-state index >= 15 is 0 Å². The summed E-state index contributed by atoms with van der Waals surface area (Å²) in [7, 11) is 0. The molecule has 2 rings (SSSR count). The summed E-state index contributed by atoms with van der Waals surface area (Å²) in [5, 5.41) is 0. The molecule has 0 fully saturated rings. The zero-order valence-electron chi connectivity index (χ0n) is 7.62. The average Bonchev–Trinajstić information content (AvgIpc) is 2.51. The van der Waals surface area contributed by atoms with Crippen LogP contribution < -0.4 is 5.73 Å². The fraction of sp³-hybridized carbons (Fsp3) is 0.100. The Balaban J connectivity index is 2.52. The van der Waals surface area contributed by atoms with E-state index in [-0.39, 0.29) is 0 Å². The number of hydrogen-bond donors (Lipinski definition) is 1. The van der Waals surface area contributed by atoms with Crippen LogP contribution in [0, 0.1) is 12.7 Å². The van der Waals surface area contributed by atoms with Gasteiger partial charge in [-0.25, -0.2) is 9.37 Å². The quantitative estimate of drug-likeness (QED) is 0.705. The van der Waals surface area contributed by atoms with Crippen LogP contribution in [0.15, 0.2) is 28.8 Å². The van der Waals surface area contributed by atoms with E-state index in [0.717, 1.165) is 0 Å². The molecule has 1 aromatic heterocycles. The second-order valence-electron chi connectivity index (χ2n) is 2.98. The Labute approximate surface area is 80.4 Å². The van der Waals surface area contributed by atoms with Crippen molar-refractivity contribution in [1.29, 1.82) is 0 Å². The summed E-state index contributed by atoms with van der Waals surface area (Å²) in [5.74, 6) is 0.525. The summed E-state index contributed by atoms with van der Waals surface area (Å²) in [6, 6.07) is 4.45. The first kappa shape index (κ1) is 8.74. The van der Waals surface area contributed by atoms with Gasteiger partial charge in [0.1, 0.15) is 5.82 Å². The first-order chi connectivity index (χ1) is 6.66. The molecule has 14 heavy (non-hydrogen) atoms. The summed E-state index contributed by atoms with van der Waals surface area (Å²) >= 11 is 0. The molecular formula is C10H9FN2O. The molecule has 0 aliphatic rings. The maximum Gasteiger partial charge on any atom is 0.191 e. The third-order valence-corrected chi connectivity index (χ3v) is 1.88. The molecule has 0 bridgehead atoms. The Morgan fingerprint density at radius 2 is 2.21 bits per heavy atom. The highest BCUT2D eigenvalue weighted by Gasteiger charge is 2.09. The molecule has 0 aliphatic heterocycles. The van der Waals surface area contributed by atoms with E-state index in [9.17, 15) is 4.39 Å². The number of benzene rings is 1. The molecule has 0 radical (unpaired) electrons. The van der Waals surface area contributed by atoms with Crippen LogP contribution in [0.2, 0.25) is 0 Å². The lowest BCUT2D eigenvalue weighted by molar-refractivity contribution is 0.528. The highest BCUT2D eigenvalue weighted by Crippen LogP contribution is 2.24. The van der Waals surface area contributed by atoms with E-state index in [4.69, 9.17) is 10.2 Å². The molecule has 0 unspecified atom stereocenters. The summed E-state index contributed by atoms with van der Waals surface area (Å²) < 4.78 is 18.6. The predicted octanol–water partition coefficient (Wildman–Crippen LogP) is 2.37. The Bertz CT molecular complexity index is 465. The maximum absolute atomic E-state index is 13.4. The highest BCUT2D eigenvalue weighted by molar-refractivity contribution is 5.60. The molecule has 0 amide bonds. The zero-order valence-corrected chi connectivity index (χ0v) is 7.62. The largest absolute Gasteiger partial charge is 0.441 e. The van der Waals surface area contributed by atoms with Gasteiger partial charge in [-0.05, 0) is 18.2 Å². The van der Waals surface area contributed by atoms with Gasteiger partial charge in [0.15, 0.2) is 11.7 Å². The van der Waals surface area contributed by atoms with Gasteiger partial charge in [-0.3, -0.25) is 0 Å². The van der Waals surface area contributed by atoms with Crippen molar-refractivity contribution in [3.63, 3.8) is 0 Å². The van der Waals surface area contributed by atoms with E-state index in [1.807, 2.05) is 0 Å². The zero-order chi connectivity index (χ0) is 10.1. The van der Waals surface area contributed by atoms with Gasteiger partial charge in [0.25, 0.3) is 0 Å². The van der Waals surface area contributed by atoms with Gasteiger partial charge < -0.3 is 10.2 Å². The molecule has 2 aromatic rings. The van der Waals surface area contributed by atoms with Gasteiger partial charge in [-0.15, -0.1) is 0 Å². The smallest absolute Gasteiger partial charge is 0.191 e. The first-order valence-electron chi connectivity index (χ1n) is 4.14. The number of rotatable bonds is 1. The van der Waals surface area contributed by atoms with Crippen LogP contribution in [-0.4, -0.2) is 4.98 Å². The molecule has 0 spiro atoms. The van der Waals surface area contributed by atoms with Crippen molar-refractivity contribution >= 4 is 5.69 Å². The third-order valence-electron chi connectivity index (χ3n) is 1.88. The van der Waals surface area contributed by atoms with E-state index in [2.05, 4.69) is 4.98 Å². The number of halogens is 1. The monoisotopic (exact) mass is 192 g/mol. The van der Waals surface area contributed by atoms with Crippen molar-refractivity contribution in [3.8, 4) is 11.3 Å². The van der Waals surface area contributed by atoms with Crippen LogP contribution in [0.4, 0.5) is 10.1 Å². The Morgan fingerprint density at radius 3 is 2.79 bits per heavy atom. The number of oxazole rings is 1. The minimum Gasteiger partial charge on any atom is -0.441 e. The fourth-order valence-corrected chi connectivity index (χ4v) is 1.22. The molecular weight excluding hydrogens is 183 g/mol. The van der Waals surface area contributed by atoms with Crippen LogP contribution in [0.3, 0.4) is 0 Å². The topological polar surface area (TPSA) is 52.0 Å². The van der Waals surface area contributed by atoms with E-state index in [1.54, 1.807) is 19.1 Å². The van der Waals surface area contributed by atoms with E-state index in [1.165, 1.54) is 12.3 Å². The van der Waals surface area contributed by atoms with Crippen LogP contribution in [0.25, 0.3) is 11.3 Å². The molecule has 0 aliphatic carbocycles. The van der Waals surface area contributed by atoms with Crippen molar-refractivity contribution in [2.24, 2.45) is 0 Å².